The number of amides is 1. The second kappa shape index (κ2) is 7.09. The van der Waals surface area contributed by atoms with Crippen LogP contribution in [0.15, 0.2) is 18.2 Å². The maximum atomic E-state index is 13.5. The van der Waals surface area contributed by atoms with Crippen molar-refractivity contribution >= 4 is 5.91 Å². The summed E-state index contributed by atoms with van der Waals surface area (Å²) in [5, 5.41) is 11.1. The largest absolute Gasteiger partial charge is 0.355 e. The molecule has 0 atom stereocenters. The molecule has 0 heterocycles. The molecule has 0 saturated heterocycles. The standard InChI is InChI=1S/C14H13FN2O/c1-11(18)17-9-3-2-4-13-6-5-12(7-8-16)10-14(13)15/h5-6,10H,3,7,9H2,1H3,(H,17,18). The van der Waals surface area contributed by atoms with Crippen molar-refractivity contribution in [1.82, 2.24) is 5.32 Å². The molecule has 0 aromatic heterocycles. The van der Waals surface area contributed by atoms with Crippen LogP contribution in [0.25, 0.3) is 0 Å². The maximum Gasteiger partial charge on any atom is 0.216 e. The van der Waals surface area contributed by atoms with E-state index in [-0.39, 0.29) is 12.3 Å². The minimum atomic E-state index is -0.422. The Hall–Kier alpha value is -2.33. The van der Waals surface area contributed by atoms with Gasteiger partial charge in [-0.25, -0.2) is 4.39 Å². The Kier molecular flexibility index (Phi) is 5.41. The second-order valence-electron chi connectivity index (χ2n) is 3.68. The molecular weight excluding hydrogens is 231 g/mol. The molecule has 1 amide bonds. The quantitative estimate of drug-likeness (QED) is 0.650. The number of nitrogens with one attached hydrogen (secondary N) is 1. The van der Waals surface area contributed by atoms with E-state index >= 15 is 0 Å². The Morgan fingerprint density at radius 1 is 1.50 bits per heavy atom. The number of carbonyl (C=O) groups is 1. The van der Waals surface area contributed by atoms with E-state index < -0.39 is 5.82 Å². The zero-order valence-corrected chi connectivity index (χ0v) is 10.1. The van der Waals surface area contributed by atoms with Crippen molar-refractivity contribution in [1.29, 1.82) is 5.26 Å². The van der Waals surface area contributed by atoms with Crippen LogP contribution in [0.1, 0.15) is 24.5 Å². The van der Waals surface area contributed by atoms with Gasteiger partial charge < -0.3 is 5.32 Å². The Morgan fingerprint density at radius 3 is 2.89 bits per heavy atom. The summed E-state index contributed by atoms with van der Waals surface area (Å²) in [6.07, 6.45) is 0.659. The van der Waals surface area contributed by atoms with Crippen LogP contribution in [-0.4, -0.2) is 12.5 Å². The van der Waals surface area contributed by atoms with E-state index in [0.29, 0.717) is 24.1 Å². The summed E-state index contributed by atoms with van der Waals surface area (Å²) >= 11 is 0. The number of carbonyl (C=O) groups excluding carboxylic acids is 1. The molecule has 0 aliphatic carbocycles. The lowest BCUT2D eigenvalue weighted by molar-refractivity contribution is -0.118. The van der Waals surface area contributed by atoms with Gasteiger partial charge in [-0.1, -0.05) is 17.9 Å². The molecule has 0 bridgehead atoms. The number of rotatable bonds is 3. The first-order valence-corrected chi connectivity index (χ1v) is 5.52. The zero-order chi connectivity index (χ0) is 13.4. The molecule has 0 saturated carbocycles. The Balaban J connectivity index is 2.60. The molecule has 0 unspecified atom stereocenters. The molecule has 1 N–H and O–H groups in total. The summed E-state index contributed by atoms with van der Waals surface area (Å²) in [4.78, 5) is 10.6. The third kappa shape index (κ3) is 4.67. The van der Waals surface area contributed by atoms with Gasteiger partial charge in [0.05, 0.1) is 18.1 Å². The molecule has 0 spiro atoms. The highest BCUT2D eigenvalue weighted by Crippen LogP contribution is 2.09. The minimum absolute atomic E-state index is 0.108. The van der Waals surface area contributed by atoms with Gasteiger partial charge in [0, 0.05) is 19.9 Å². The van der Waals surface area contributed by atoms with Crippen LogP contribution in [0, 0.1) is 29.0 Å². The van der Waals surface area contributed by atoms with Crippen molar-refractivity contribution in [3.8, 4) is 17.9 Å². The van der Waals surface area contributed by atoms with E-state index in [9.17, 15) is 9.18 Å². The maximum absolute atomic E-state index is 13.5. The highest BCUT2D eigenvalue weighted by atomic mass is 19.1. The van der Waals surface area contributed by atoms with Crippen molar-refractivity contribution in [2.75, 3.05) is 6.54 Å². The Labute approximate surface area is 106 Å². The van der Waals surface area contributed by atoms with E-state index in [1.807, 2.05) is 6.07 Å². The topological polar surface area (TPSA) is 52.9 Å². The summed E-state index contributed by atoms with van der Waals surface area (Å²) < 4.78 is 13.5. The third-order valence-electron chi connectivity index (χ3n) is 2.16. The third-order valence-corrected chi connectivity index (χ3v) is 2.16. The first-order valence-electron chi connectivity index (χ1n) is 5.52. The lowest BCUT2D eigenvalue weighted by Gasteiger charge is -1.98. The van der Waals surface area contributed by atoms with Crippen molar-refractivity contribution in [3.05, 3.63) is 35.1 Å². The monoisotopic (exact) mass is 244 g/mol. The number of hydrogen-bond donors (Lipinski definition) is 1. The van der Waals surface area contributed by atoms with Crippen molar-refractivity contribution in [2.45, 2.75) is 19.8 Å². The fraction of sp³-hybridized carbons (Fsp3) is 0.286. The van der Waals surface area contributed by atoms with Crippen LogP contribution in [0.4, 0.5) is 4.39 Å². The molecule has 0 fully saturated rings. The summed E-state index contributed by atoms with van der Waals surface area (Å²) in [6, 6.07) is 6.53. The predicted octanol–water partition coefficient (Wildman–Crippen LogP) is 1.77. The van der Waals surface area contributed by atoms with Gasteiger partial charge in [0.25, 0.3) is 0 Å². The molecule has 4 heteroatoms. The predicted molar refractivity (Wildman–Crippen MR) is 65.9 cm³/mol. The van der Waals surface area contributed by atoms with Crippen LogP contribution in [-0.2, 0) is 11.2 Å². The van der Waals surface area contributed by atoms with Gasteiger partial charge in [0.2, 0.25) is 5.91 Å². The average molecular weight is 244 g/mol. The fourth-order valence-electron chi connectivity index (χ4n) is 1.32. The molecular formula is C14H13FN2O. The first-order chi connectivity index (χ1) is 8.63. The van der Waals surface area contributed by atoms with Gasteiger partial charge in [-0.3, -0.25) is 4.79 Å². The molecule has 3 nitrogen and oxygen atoms in total. The molecule has 1 aromatic carbocycles. The highest BCUT2D eigenvalue weighted by Gasteiger charge is 2.00. The fourth-order valence-corrected chi connectivity index (χ4v) is 1.32. The number of halogens is 1. The van der Waals surface area contributed by atoms with Crippen LogP contribution >= 0.6 is 0 Å². The van der Waals surface area contributed by atoms with Crippen molar-refractivity contribution < 1.29 is 9.18 Å². The molecule has 0 radical (unpaired) electrons. The summed E-state index contributed by atoms with van der Waals surface area (Å²) in [5.74, 6) is 4.95. The van der Waals surface area contributed by atoms with E-state index in [4.69, 9.17) is 5.26 Å². The average Bonchev–Trinajstić information content (AvgIpc) is 2.31. The Bertz CT molecular complexity index is 535. The van der Waals surface area contributed by atoms with Crippen LogP contribution in [0.3, 0.4) is 0 Å². The molecule has 92 valence electrons. The second-order valence-corrected chi connectivity index (χ2v) is 3.68. The minimum Gasteiger partial charge on any atom is -0.355 e. The number of hydrogen-bond acceptors (Lipinski definition) is 2. The van der Waals surface area contributed by atoms with Crippen LogP contribution in [0.2, 0.25) is 0 Å². The molecule has 1 aromatic rings. The molecule has 0 aliphatic rings. The van der Waals surface area contributed by atoms with Gasteiger partial charge in [0.15, 0.2) is 0 Å². The first kappa shape index (κ1) is 13.7. The smallest absolute Gasteiger partial charge is 0.216 e. The lowest BCUT2D eigenvalue weighted by Crippen LogP contribution is -2.20. The van der Waals surface area contributed by atoms with Gasteiger partial charge in [0.1, 0.15) is 5.82 Å². The molecule has 0 aliphatic heterocycles. The summed E-state index contributed by atoms with van der Waals surface area (Å²) in [5.41, 5.74) is 0.943. The summed E-state index contributed by atoms with van der Waals surface area (Å²) in [7, 11) is 0. The SMILES string of the molecule is CC(=O)NCCC#Cc1ccc(CC#N)cc1F. The normalized spacial score (nSPS) is 8.94. The van der Waals surface area contributed by atoms with E-state index in [1.165, 1.54) is 13.0 Å². The molecule has 18 heavy (non-hydrogen) atoms. The van der Waals surface area contributed by atoms with Crippen molar-refractivity contribution in [2.24, 2.45) is 0 Å². The van der Waals surface area contributed by atoms with E-state index in [0.717, 1.165) is 0 Å². The Morgan fingerprint density at radius 2 is 2.28 bits per heavy atom. The number of nitrogens with zero attached hydrogens (tertiary/aromatic N) is 1. The van der Waals surface area contributed by atoms with Gasteiger partial charge in [-0.05, 0) is 17.7 Å². The van der Waals surface area contributed by atoms with E-state index in [2.05, 4.69) is 17.2 Å². The highest BCUT2D eigenvalue weighted by molar-refractivity contribution is 5.72. The van der Waals surface area contributed by atoms with Gasteiger partial charge in [-0.15, -0.1) is 0 Å². The summed E-state index contributed by atoms with van der Waals surface area (Å²) in [6.45, 7) is 1.89. The lowest BCUT2D eigenvalue weighted by atomic mass is 10.1. The number of nitriles is 1. The van der Waals surface area contributed by atoms with Gasteiger partial charge in [-0.2, -0.15) is 5.26 Å². The number of benzene rings is 1. The van der Waals surface area contributed by atoms with Crippen LogP contribution in [0.5, 0.6) is 0 Å². The molecule has 1 rings (SSSR count). The van der Waals surface area contributed by atoms with E-state index in [1.54, 1.807) is 12.1 Å². The van der Waals surface area contributed by atoms with Crippen molar-refractivity contribution in [3.63, 3.8) is 0 Å². The zero-order valence-electron chi connectivity index (χ0n) is 10.1. The van der Waals surface area contributed by atoms with Crippen LogP contribution < -0.4 is 5.32 Å². The van der Waals surface area contributed by atoms with Gasteiger partial charge >= 0.3 is 0 Å².